The van der Waals surface area contributed by atoms with Crippen molar-refractivity contribution in [2.75, 3.05) is 26.4 Å². The fourth-order valence-corrected chi connectivity index (χ4v) is 9.83. The van der Waals surface area contributed by atoms with Crippen LogP contribution in [0.15, 0.2) is 48.6 Å². The minimum absolute atomic E-state index is 0.0300. The first kappa shape index (κ1) is 70.1. The molecule has 1 fully saturated rings. The Balaban J connectivity index is 2.28. The summed E-state index contributed by atoms with van der Waals surface area (Å²) in [5.74, 6) is -0.400. The summed E-state index contributed by atoms with van der Waals surface area (Å²) in [6.07, 6.45) is 57.2. The van der Waals surface area contributed by atoms with Gasteiger partial charge >= 0.3 is 16.4 Å². The Morgan fingerprint density at radius 3 is 1.31 bits per heavy atom. The largest absolute Gasteiger partial charge is 0.457 e. The molecule has 0 spiro atoms. The van der Waals surface area contributed by atoms with Gasteiger partial charge in [0.1, 0.15) is 30.5 Å². The molecule has 6 atom stereocenters. The van der Waals surface area contributed by atoms with Crippen LogP contribution in [0.4, 0.5) is 0 Å². The SMILES string of the molecule is CCCCCCC/C=C\C/C=C\C/C=C\CCCCCCCCCOCC(COC1OC(CO)C(O)C(OS(=O)(=O)O)C1O)OC(=O)CCCCCCCCCCCCCCC/C=C\CCCCCCCCCC. The minimum atomic E-state index is -5.07. The normalized spacial score (nSPS) is 19.0. The third-order valence-corrected chi connectivity index (χ3v) is 14.4. The quantitative estimate of drug-likeness (QED) is 0.0196. The Bertz CT molecular complexity index is 1470. The predicted octanol–water partition coefficient (Wildman–Crippen LogP) is 15.4. The molecule has 13 heteroatoms. The standard InChI is InChI=1S/C61H112O12S/c1-3-5-7-9-11-13-15-17-19-21-23-25-27-28-29-30-32-34-36-38-40-42-44-46-48-50-57(63)71-55(54-70-61-59(65)60(73-74(66,67)68)58(64)56(52-62)72-61)53-69-51-49-47-45-43-41-39-37-35-33-31-26-24-22-20-18-16-14-12-10-8-6-4-2/h16,18,21-24,31,33,55-56,58-62,64-65H,3-15,17,19-20,25-30,32,34-54H2,1-2H3,(H,66,67,68)/b18-16-,23-21-,24-22-,33-31-. The zero-order valence-corrected chi connectivity index (χ0v) is 48.0. The maximum atomic E-state index is 13.0. The predicted molar refractivity (Wildman–Crippen MR) is 303 cm³/mol. The Hall–Kier alpha value is -1.94. The van der Waals surface area contributed by atoms with Gasteiger partial charge in [-0.15, -0.1) is 0 Å². The van der Waals surface area contributed by atoms with Gasteiger partial charge in [-0.2, -0.15) is 8.42 Å². The molecule has 1 aliphatic rings. The lowest BCUT2D eigenvalue weighted by molar-refractivity contribution is -0.301. The van der Waals surface area contributed by atoms with Crippen LogP contribution in [0.1, 0.15) is 271 Å². The van der Waals surface area contributed by atoms with Gasteiger partial charge < -0.3 is 34.3 Å². The highest BCUT2D eigenvalue weighted by molar-refractivity contribution is 7.80. The molecule has 1 aliphatic heterocycles. The molecule has 0 radical (unpaired) electrons. The number of ether oxygens (including phenoxy) is 4. The molecule has 4 N–H and O–H groups in total. The van der Waals surface area contributed by atoms with E-state index in [4.69, 9.17) is 18.9 Å². The second-order valence-corrected chi connectivity index (χ2v) is 22.0. The van der Waals surface area contributed by atoms with Crippen LogP contribution >= 0.6 is 0 Å². The third kappa shape index (κ3) is 44.1. The molecule has 0 amide bonds. The number of aliphatic hydroxyl groups is 3. The highest BCUT2D eigenvalue weighted by atomic mass is 32.3. The Morgan fingerprint density at radius 2 is 0.892 bits per heavy atom. The summed E-state index contributed by atoms with van der Waals surface area (Å²) in [6.45, 7) is 4.00. The first-order valence-corrected chi connectivity index (χ1v) is 31.8. The third-order valence-electron chi connectivity index (χ3n) is 13.9. The summed E-state index contributed by atoms with van der Waals surface area (Å²) in [5.41, 5.74) is 0. The van der Waals surface area contributed by atoms with E-state index in [1.165, 1.54) is 186 Å². The van der Waals surface area contributed by atoms with E-state index in [0.29, 0.717) is 13.0 Å². The highest BCUT2D eigenvalue weighted by Crippen LogP contribution is 2.26. The molecule has 74 heavy (non-hydrogen) atoms. The number of aliphatic hydroxyl groups excluding tert-OH is 3. The molecule has 0 saturated carbocycles. The van der Waals surface area contributed by atoms with Gasteiger partial charge in [0.15, 0.2) is 6.29 Å². The molecule has 1 rings (SSSR count). The molecule has 12 nitrogen and oxygen atoms in total. The molecule has 0 aromatic heterocycles. The van der Waals surface area contributed by atoms with Crippen LogP contribution in [0.3, 0.4) is 0 Å². The van der Waals surface area contributed by atoms with Crippen LogP contribution in [0, 0.1) is 0 Å². The number of hydrogen-bond acceptors (Lipinski definition) is 11. The zero-order valence-electron chi connectivity index (χ0n) is 47.2. The van der Waals surface area contributed by atoms with Crippen LogP contribution in [0.25, 0.3) is 0 Å². The van der Waals surface area contributed by atoms with Gasteiger partial charge in [0.05, 0.1) is 19.8 Å². The summed E-state index contributed by atoms with van der Waals surface area (Å²) in [5, 5.41) is 30.9. The molecule has 1 heterocycles. The zero-order chi connectivity index (χ0) is 53.8. The van der Waals surface area contributed by atoms with E-state index in [9.17, 15) is 33.1 Å². The van der Waals surface area contributed by atoms with Crippen LogP contribution in [0.2, 0.25) is 0 Å². The van der Waals surface area contributed by atoms with E-state index in [-0.39, 0.29) is 19.6 Å². The van der Waals surface area contributed by atoms with Gasteiger partial charge in [0, 0.05) is 13.0 Å². The van der Waals surface area contributed by atoms with Crippen LogP contribution in [0.5, 0.6) is 0 Å². The first-order chi connectivity index (χ1) is 36.1. The van der Waals surface area contributed by atoms with Crippen molar-refractivity contribution in [3.05, 3.63) is 48.6 Å². The smallest absolute Gasteiger partial charge is 0.397 e. The molecule has 0 aromatic rings. The Morgan fingerprint density at radius 1 is 0.514 bits per heavy atom. The number of carbonyl (C=O) groups is 1. The number of rotatable bonds is 54. The van der Waals surface area contributed by atoms with Gasteiger partial charge in [-0.1, -0.05) is 236 Å². The van der Waals surface area contributed by atoms with Crippen molar-refractivity contribution in [1.82, 2.24) is 0 Å². The number of esters is 1. The van der Waals surface area contributed by atoms with E-state index in [1.54, 1.807) is 0 Å². The second-order valence-electron chi connectivity index (χ2n) is 20.9. The lowest BCUT2D eigenvalue weighted by atomic mass is 9.99. The molecule has 0 bridgehead atoms. The minimum Gasteiger partial charge on any atom is -0.457 e. The van der Waals surface area contributed by atoms with Crippen molar-refractivity contribution >= 4 is 16.4 Å². The number of carbonyl (C=O) groups excluding carboxylic acids is 1. The van der Waals surface area contributed by atoms with Crippen LogP contribution < -0.4 is 0 Å². The van der Waals surface area contributed by atoms with Gasteiger partial charge in [-0.05, 0) is 77.0 Å². The molecule has 6 unspecified atom stereocenters. The van der Waals surface area contributed by atoms with E-state index in [1.807, 2.05) is 0 Å². The maximum absolute atomic E-state index is 13.0. The molecular weight excluding hydrogens is 957 g/mol. The van der Waals surface area contributed by atoms with Crippen LogP contribution in [-0.2, 0) is 38.3 Å². The summed E-state index contributed by atoms with van der Waals surface area (Å²) < 4.78 is 59.5. The first-order valence-electron chi connectivity index (χ1n) is 30.4. The summed E-state index contributed by atoms with van der Waals surface area (Å²) in [6, 6.07) is 0. The fourth-order valence-electron chi connectivity index (χ4n) is 9.32. The van der Waals surface area contributed by atoms with Crippen molar-refractivity contribution in [2.45, 2.75) is 307 Å². The lowest BCUT2D eigenvalue weighted by Gasteiger charge is -2.41. The monoisotopic (exact) mass is 1070 g/mol. The molecule has 1 saturated heterocycles. The average molecular weight is 1070 g/mol. The highest BCUT2D eigenvalue weighted by Gasteiger charge is 2.48. The van der Waals surface area contributed by atoms with E-state index in [2.05, 4.69) is 66.6 Å². The maximum Gasteiger partial charge on any atom is 0.397 e. The fraction of sp³-hybridized carbons (Fsp3) is 0.852. The van der Waals surface area contributed by atoms with Crippen molar-refractivity contribution in [3.8, 4) is 0 Å². The summed E-state index contributed by atoms with van der Waals surface area (Å²) in [4.78, 5) is 13.0. The number of unbranched alkanes of at least 4 members (excludes halogenated alkanes) is 33. The van der Waals surface area contributed by atoms with Gasteiger partial charge in [0.25, 0.3) is 0 Å². The molecule has 0 aromatic carbocycles. The van der Waals surface area contributed by atoms with E-state index >= 15 is 0 Å². The van der Waals surface area contributed by atoms with Crippen molar-refractivity contribution in [3.63, 3.8) is 0 Å². The summed E-state index contributed by atoms with van der Waals surface area (Å²) >= 11 is 0. The number of hydrogen-bond donors (Lipinski definition) is 4. The van der Waals surface area contributed by atoms with Gasteiger partial charge in [-0.3, -0.25) is 9.35 Å². The summed E-state index contributed by atoms with van der Waals surface area (Å²) in [7, 11) is -5.07. The Kier molecular flexibility index (Phi) is 49.0. The second kappa shape index (κ2) is 51.8. The van der Waals surface area contributed by atoms with E-state index in [0.717, 1.165) is 57.8 Å². The van der Waals surface area contributed by atoms with Crippen LogP contribution in [-0.4, -0.2) is 97.5 Å². The molecular formula is C61H112O12S. The number of allylic oxidation sites excluding steroid dienone is 8. The van der Waals surface area contributed by atoms with Crippen molar-refractivity contribution in [2.24, 2.45) is 0 Å². The van der Waals surface area contributed by atoms with Crippen molar-refractivity contribution in [1.29, 1.82) is 0 Å². The lowest BCUT2D eigenvalue weighted by Crippen LogP contribution is -2.60. The topological polar surface area (TPSA) is 178 Å². The molecule has 0 aliphatic carbocycles. The average Bonchev–Trinajstić information content (AvgIpc) is 3.38. The van der Waals surface area contributed by atoms with Crippen molar-refractivity contribution < 1.29 is 56.2 Å². The van der Waals surface area contributed by atoms with Gasteiger partial charge in [-0.25, -0.2) is 4.18 Å². The van der Waals surface area contributed by atoms with E-state index < -0.39 is 59.8 Å². The molecule has 434 valence electrons. The van der Waals surface area contributed by atoms with Gasteiger partial charge in [0.2, 0.25) is 0 Å². The Labute approximate surface area is 453 Å².